The van der Waals surface area contributed by atoms with E-state index in [0.29, 0.717) is 11.5 Å². The summed E-state index contributed by atoms with van der Waals surface area (Å²) in [5.41, 5.74) is -0.0640. The lowest BCUT2D eigenvalue weighted by atomic mass is 9.73. The van der Waals surface area contributed by atoms with Gasteiger partial charge >= 0.3 is 11.9 Å². The summed E-state index contributed by atoms with van der Waals surface area (Å²) in [6, 6.07) is 0. The summed E-state index contributed by atoms with van der Waals surface area (Å²) >= 11 is 0. The Labute approximate surface area is 125 Å². The molecule has 3 saturated carbocycles. The molecule has 3 aliphatic rings. The summed E-state index contributed by atoms with van der Waals surface area (Å²) in [6.07, 6.45) is 6.13. The van der Waals surface area contributed by atoms with Gasteiger partial charge in [-0.15, -0.1) is 0 Å². The van der Waals surface area contributed by atoms with Gasteiger partial charge < -0.3 is 9.47 Å². The molecular weight excluding hydrogens is 268 g/mol. The first kappa shape index (κ1) is 14.6. The molecule has 0 aromatic rings. The molecule has 0 aromatic heterocycles. The van der Waals surface area contributed by atoms with Gasteiger partial charge in [0.15, 0.2) is 6.61 Å². The fraction of sp³-hybridized carbons (Fsp3) is 0.765. The Bertz CT molecular complexity index is 483. The van der Waals surface area contributed by atoms with Gasteiger partial charge in [0.25, 0.3) is 0 Å². The molecule has 0 aliphatic heterocycles. The summed E-state index contributed by atoms with van der Waals surface area (Å²) in [4.78, 5) is 23.3. The molecule has 0 N–H and O–H groups in total. The second-order valence-electron chi connectivity index (χ2n) is 7.21. The van der Waals surface area contributed by atoms with E-state index < -0.39 is 11.9 Å². The van der Waals surface area contributed by atoms with Crippen molar-refractivity contribution < 1.29 is 19.1 Å². The average molecular weight is 292 g/mol. The van der Waals surface area contributed by atoms with Crippen LogP contribution in [0.3, 0.4) is 0 Å². The second kappa shape index (κ2) is 5.15. The van der Waals surface area contributed by atoms with E-state index in [2.05, 4.69) is 13.5 Å². The fourth-order valence-electron chi connectivity index (χ4n) is 5.04. The van der Waals surface area contributed by atoms with Crippen molar-refractivity contribution in [1.29, 1.82) is 0 Å². The maximum absolute atomic E-state index is 12.0. The zero-order chi connectivity index (χ0) is 15.2. The van der Waals surface area contributed by atoms with Crippen LogP contribution in [-0.4, -0.2) is 24.1 Å². The van der Waals surface area contributed by atoms with Crippen LogP contribution in [0.5, 0.6) is 0 Å². The molecule has 0 saturated heterocycles. The van der Waals surface area contributed by atoms with Gasteiger partial charge in [0, 0.05) is 11.5 Å². The summed E-state index contributed by atoms with van der Waals surface area (Å²) in [5, 5.41) is 0. The van der Waals surface area contributed by atoms with Crippen molar-refractivity contribution in [1.82, 2.24) is 0 Å². The van der Waals surface area contributed by atoms with Crippen molar-refractivity contribution in [2.24, 2.45) is 23.7 Å². The van der Waals surface area contributed by atoms with E-state index in [1.807, 2.05) is 0 Å². The highest BCUT2D eigenvalue weighted by molar-refractivity contribution is 5.88. The Morgan fingerprint density at radius 3 is 2.71 bits per heavy atom. The molecular formula is C17H24O4. The van der Waals surface area contributed by atoms with E-state index in [1.165, 1.54) is 25.7 Å². The minimum Gasteiger partial charge on any atom is -0.457 e. The molecule has 3 rings (SSSR count). The normalized spacial score (nSPS) is 39.9. The quantitative estimate of drug-likeness (QED) is 0.590. The molecule has 3 fully saturated rings. The van der Waals surface area contributed by atoms with E-state index in [-0.39, 0.29) is 12.2 Å². The van der Waals surface area contributed by atoms with Crippen molar-refractivity contribution in [2.75, 3.05) is 6.61 Å². The van der Waals surface area contributed by atoms with Gasteiger partial charge in [0.2, 0.25) is 0 Å². The van der Waals surface area contributed by atoms with Crippen LogP contribution in [0, 0.1) is 23.7 Å². The molecule has 5 unspecified atom stereocenters. The summed E-state index contributed by atoms with van der Waals surface area (Å²) in [6.45, 7) is 6.80. The highest BCUT2D eigenvalue weighted by atomic mass is 16.6. The maximum atomic E-state index is 12.0. The van der Waals surface area contributed by atoms with Crippen LogP contribution in [0.1, 0.15) is 46.0 Å². The van der Waals surface area contributed by atoms with Crippen LogP contribution in [0.2, 0.25) is 0 Å². The smallest absolute Gasteiger partial charge is 0.344 e. The molecule has 0 aromatic carbocycles. The molecule has 2 bridgehead atoms. The summed E-state index contributed by atoms with van der Waals surface area (Å²) in [5.74, 6) is 1.84. The third kappa shape index (κ3) is 2.49. The zero-order valence-corrected chi connectivity index (χ0v) is 12.9. The number of rotatable bonds is 4. The molecule has 21 heavy (non-hydrogen) atoms. The predicted molar refractivity (Wildman–Crippen MR) is 77.3 cm³/mol. The van der Waals surface area contributed by atoms with E-state index in [1.54, 1.807) is 6.92 Å². The SMILES string of the molecule is C=C(C)C(=O)OCC(=O)OC1(C)CC2CC1C1CCCC21. The standard InChI is InChI=1S/C17H24O4/c1-10(2)16(19)20-9-15(18)21-17(3)8-11-7-14(17)13-6-4-5-12(11)13/h11-14H,1,4-9H2,2-3H3. The van der Waals surface area contributed by atoms with Crippen molar-refractivity contribution in [2.45, 2.75) is 51.6 Å². The van der Waals surface area contributed by atoms with Crippen molar-refractivity contribution in [3.63, 3.8) is 0 Å². The molecule has 4 heteroatoms. The number of hydrogen-bond acceptors (Lipinski definition) is 4. The van der Waals surface area contributed by atoms with Crippen LogP contribution in [-0.2, 0) is 19.1 Å². The minimum absolute atomic E-state index is 0.294. The van der Waals surface area contributed by atoms with Crippen LogP contribution in [0.4, 0.5) is 0 Å². The second-order valence-corrected chi connectivity index (χ2v) is 7.21. The number of ether oxygens (including phenoxy) is 2. The molecule has 5 atom stereocenters. The Morgan fingerprint density at radius 2 is 2.00 bits per heavy atom. The number of esters is 2. The van der Waals surface area contributed by atoms with Gasteiger partial charge in [-0.2, -0.15) is 0 Å². The first-order valence-corrected chi connectivity index (χ1v) is 7.95. The molecule has 0 heterocycles. The van der Waals surface area contributed by atoms with Crippen LogP contribution in [0.25, 0.3) is 0 Å². The van der Waals surface area contributed by atoms with E-state index in [0.717, 1.165) is 24.2 Å². The maximum Gasteiger partial charge on any atom is 0.344 e. The largest absolute Gasteiger partial charge is 0.457 e. The predicted octanol–water partition coefficient (Wildman–Crippen LogP) is 2.86. The van der Waals surface area contributed by atoms with Crippen molar-refractivity contribution >= 4 is 11.9 Å². The Morgan fingerprint density at radius 1 is 1.29 bits per heavy atom. The summed E-state index contributed by atoms with van der Waals surface area (Å²) in [7, 11) is 0. The van der Waals surface area contributed by atoms with Crippen LogP contribution >= 0.6 is 0 Å². The lowest BCUT2D eigenvalue weighted by Gasteiger charge is -2.39. The lowest BCUT2D eigenvalue weighted by Crippen LogP contribution is -2.43. The molecule has 116 valence electrons. The van der Waals surface area contributed by atoms with Crippen molar-refractivity contribution in [3.8, 4) is 0 Å². The van der Waals surface area contributed by atoms with E-state index in [4.69, 9.17) is 9.47 Å². The van der Waals surface area contributed by atoms with Crippen LogP contribution in [0.15, 0.2) is 12.2 Å². The van der Waals surface area contributed by atoms with Gasteiger partial charge in [0.05, 0.1) is 0 Å². The van der Waals surface area contributed by atoms with E-state index in [9.17, 15) is 9.59 Å². The Balaban J connectivity index is 1.57. The van der Waals surface area contributed by atoms with Crippen molar-refractivity contribution in [3.05, 3.63) is 12.2 Å². The molecule has 4 nitrogen and oxygen atoms in total. The lowest BCUT2D eigenvalue weighted by molar-refractivity contribution is -0.174. The van der Waals surface area contributed by atoms with Gasteiger partial charge in [-0.1, -0.05) is 13.0 Å². The highest BCUT2D eigenvalue weighted by Crippen LogP contribution is 2.63. The summed E-state index contributed by atoms with van der Waals surface area (Å²) < 4.78 is 10.6. The number of hydrogen-bond donors (Lipinski definition) is 0. The minimum atomic E-state index is -0.541. The number of carbonyl (C=O) groups is 2. The van der Waals surface area contributed by atoms with Gasteiger partial charge in [-0.05, 0) is 57.3 Å². The van der Waals surface area contributed by atoms with Gasteiger partial charge in [-0.25, -0.2) is 9.59 Å². The molecule has 0 amide bonds. The highest BCUT2D eigenvalue weighted by Gasteiger charge is 2.60. The first-order valence-electron chi connectivity index (χ1n) is 7.95. The fourth-order valence-corrected chi connectivity index (χ4v) is 5.04. The Kier molecular flexibility index (Phi) is 3.58. The topological polar surface area (TPSA) is 52.6 Å². The third-order valence-corrected chi connectivity index (χ3v) is 5.77. The van der Waals surface area contributed by atoms with Crippen LogP contribution < -0.4 is 0 Å². The average Bonchev–Trinajstić information content (AvgIpc) is 3.06. The zero-order valence-electron chi connectivity index (χ0n) is 12.9. The first-order chi connectivity index (χ1) is 9.90. The number of carbonyl (C=O) groups excluding carboxylic acids is 2. The Hall–Kier alpha value is -1.32. The molecule has 0 spiro atoms. The van der Waals surface area contributed by atoms with E-state index >= 15 is 0 Å². The number of fused-ring (bicyclic) bond motifs is 5. The third-order valence-electron chi connectivity index (χ3n) is 5.77. The van der Waals surface area contributed by atoms with Gasteiger partial charge in [0.1, 0.15) is 5.60 Å². The molecule has 0 radical (unpaired) electrons. The monoisotopic (exact) mass is 292 g/mol. The molecule has 3 aliphatic carbocycles. The van der Waals surface area contributed by atoms with Gasteiger partial charge in [-0.3, -0.25) is 0 Å².